The van der Waals surface area contributed by atoms with Gasteiger partial charge in [-0.15, -0.1) is 0 Å². The molecule has 130 valence electrons. The van der Waals surface area contributed by atoms with Crippen molar-refractivity contribution in [3.8, 4) is 0 Å². The molecule has 0 aromatic heterocycles. The first-order valence-electron chi connectivity index (χ1n) is 7.95. The van der Waals surface area contributed by atoms with Crippen LogP contribution in [0.4, 0.5) is 20.6 Å². The molecule has 0 aliphatic carbocycles. The molecule has 1 aromatic carbocycles. The maximum atomic E-state index is 14.1. The molecule has 0 unspecified atom stereocenters. The number of amides is 3. The lowest BCUT2D eigenvalue weighted by Gasteiger charge is -2.29. The SMILES string of the molecule is C[C@@H]1OCCO[C@@H]1C(=O)Nc1ccc(F)c(N2CCCNC2=O)c1. The summed E-state index contributed by atoms with van der Waals surface area (Å²) in [5.41, 5.74) is 0.537. The summed E-state index contributed by atoms with van der Waals surface area (Å²) < 4.78 is 24.9. The van der Waals surface area contributed by atoms with Gasteiger partial charge in [-0.1, -0.05) is 0 Å². The molecule has 2 aliphatic rings. The molecule has 2 fully saturated rings. The summed E-state index contributed by atoms with van der Waals surface area (Å²) in [6.07, 6.45) is -0.343. The fourth-order valence-electron chi connectivity index (χ4n) is 2.79. The molecule has 0 saturated carbocycles. The zero-order valence-corrected chi connectivity index (χ0v) is 13.4. The Morgan fingerprint density at radius 2 is 2.17 bits per heavy atom. The summed E-state index contributed by atoms with van der Waals surface area (Å²) in [4.78, 5) is 25.5. The highest BCUT2D eigenvalue weighted by Crippen LogP contribution is 2.25. The molecule has 2 N–H and O–H groups in total. The second kappa shape index (κ2) is 7.14. The minimum Gasteiger partial charge on any atom is -0.373 e. The monoisotopic (exact) mass is 337 g/mol. The van der Waals surface area contributed by atoms with Crippen molar-refractivity contribution in [2.45, 2.75) is 25.6 Å². The number of anilines is 2. The number of carbonyl (C=O) groups excluding carboxylic acids is 2. The zero-order valence-electron chi connectivity index (χ0n) is 13.4. The Hall–Kier alpha value is -2.19. The molecule has 2 atom stereocenters. The number of nitrogens with zero attached hydrogens (tertiary/aromatic N) is 1. The van der Waals surface area contributed by atoms with Crippen molar-refractivity contribution in [1.29, 1.82) is 0 Å². The van der Waals surface area contributed by atoms with Crippen molar-refractivity contribution in [3.05, 3.63) is 24.0 Å². The topological polar surface area (TPSA) is 79.9 Å². The normalized spacial score (nSPS) is 24.4. The van der Waals surface area contributed by atoms with Crippen LogP contribution in [0, 0.1) is 5.82 Å². The summed E-state index contributed by atoms with van der Waals surface area (Å²) >= 11 is 0. The van der Waals surface area contributed by atoms with Gasteiger partial charge < -0.3 is 20.1 Å². The number of hydrogen-bond donors (Lipinski definition) is 2. The van der Waals surface area contributed by atoms with Crippen molar-refractivity contribution in [2.24, 2.45) is 0 Å². The number of benzene rings is 1. The minimum absolute atomic E-state index is 0.138. The van der Waals surface area contributed by atoms with Gasteiger partial charge in [0, 0.05) is 18.8 Å². The molecule has 2 aliphatic heterocycles. The number of ether oxygens (including phenoxy) is 2. The molecule has 0 spiro atoms. The van der Waals surface area contributed by atoms with E-state index in [1.165, 1.54) is 23.1 Å². The molecule has 7 nitrogen and oxygen atoms in total. The second-order valence-corrected chi connectivity index (χ2v) is 5.76. The Bertz CT molecular complexity index is 640. The molecule has 24 heavy (non-hydrogen) atoms. The van der Waals surface area contributed by atoms with E-state index >= 15 is 0 Å². The maximum Gasteiger partial charge on any atom is 0.321 e. The van der Waals surface area contributed by atoms with E-state index in [4.69, 9.17) is 9.47 Å². The fraction of sp³-hybridized carbons (Fsp3) is 0.500. The lowest BCUT2D eigenvalue weighted by molar-refractivity contribution is -0.157. The van der Waals surface area contributed by atoms with Crippen LogP contribution < -0.4 is 15.5 Å². The average molecular weight is 337 g/mol. The van der Waals surface area contributed by atoms with Crippen LogP contribution in [0.25, 0.3) is 0 Å². The summed E-state index contributed by atoms with van der Waals surface area (Å²) in [5, 5.41) is 5.37. The van der Waals surface area contributed by atoms with E-state index in [0.29, 0.717) is 32.0 Å². The van der Waals surface area contributed by atoms with Gasteiger partial charge in [-0.3, -0.25) is 9.69 Å². The lowest BCUT2D eigenvalue weighted by atomic mass is 10.1. The summed E-state index contributed by atoms with van der Waals surface area (Å²) in [7, 11) is 0. The Morgan fingerprint density at radius 3 is 2.92 bits per heavy atom. The summed E-state index contributed by atoms with van der Waals surface area (Å²) in [5.74, 6) is -0.876. The van der Waals surface area contributed by atoms with E-state index in [1.54, 1.807) is 6.92 Å². The first-order valence-corrected chi connectivity index (χ1v) is 7.95. The van der Waals surface area contributed by atoms with Crippen LogP contribution in [0.5, 0.6) is 0 Å². The van der Waals surface area contributed by atoms with Crippen LogP contribution in [0.3, 0.4) is 0 Å². The third-order valence-corrected chi connectivity index (χ3v) is 4.03. The Labute approximate surface area is 139 Å². The van der Waals surface area contributed by atoms with Crippen LogP contribution in [-0.4, -0.2) is 50.4 Å². The van der Waals surface area contributed by atoms with Gasteiger partial charge >= 0.3 is 6.03 Å². The molecule has 2 saturated heterocycles. The number of rotatable bonds is 3. The third-order valence-electron chi connectivity index (χ3n) is 4.03. The van der Waals surface area contributed by atoms with Gasteiger partial charge in [0.25, 0.3) is 5.91 Å². The Kier molecular flexibility index (Phi) is 4.96. The van der Waals surface area contributed by atoms with Gasteiger partial charge in [0.1, 0.15) is 5.82 Å². The van der Waals surface area contributed by atoms with Crippen LogP contribution in [0.2, 0.25) is 0 Å². The fourth-order valence-corrected chi connectivity index (χ4v) is 2.79. The third kappa shape index (κ3) is 3.49. The van der Waals surface area contributed by atoms with Crippen LogP contribution in [0.15, 0.2) is 18.2 Å². The number of nitrogens with one attached hydrogen (secondary N) is 2. The van der Waals surface area contributed by atoms with E-state index < -0.39 is 11.9 Å². The molecule has 0 bridgehead atoms. The predicted octanol–water partition coefficient (Wildman–Crippen LogP) is 1.49. The van der Waals surface area contributed by atoms with E-state index in [9.17, 15) is 14.0 Å². The number of halogens is 1. The molecule has 0 radical (unpaired) electrons. The van der Waals surface area contributed by atoms with Crippen LogP contribution >= 0.6 is 0 Å². The standard InChI is InChI=1S/C16H20FN3O4/c1-10-14(24-8-7-23-10)15(21)19-11-3-4-12(17)13(9-11)20-6-2-5-18-16(20)22/h3-4,9-10,14H,2,5-8H2,1H3,(H,18,22)(H,19,21)/t10-,14-/m0/s1. The van der Waals surface area contributed by atoms with Crippen molar-refractivity contribution < 1.29 is 23.5 Å². The molecule has 8 heteroatoms. The average Bonchev–Trinajstić information content (AvgIpc) is 2.57. The second-order valence-electron chi connectivity index (χ2n) is 5.76. The highest BCUT2D eigenvalue weighted by molar-refractivity contribution is 5.97. The maximum absolute atomic E-state index is 14.1. The van der Waals surface area contributed by atoms with Crippen LogP contribution in [0.1, 0.15) is 13.3 Å². The first kappa shape index (κ1) is 16.7. The van der Waals surface area contributed by atoms with Gasteiger partial charge in [-0.25, -0.2) is 9.18 Å². The van der Waals surface area contributed by atoms with Crippen molar-refractivity contribution in [3.63, 3.8) is 0 Å². The number of hydrogen-bond acceptors (Lipinski definition) is 4. The minimum atomic E-state index is -0.717. The van der Waals surface area contributed by atoms with Crippen molar-refractivity contribution >= 4 is 23.3 Å². The molecular formula is C16H20FN3O4. The number of carbonyl (C=O) groups is 2. The molecule has 3 rings (SSSR count). The van der Waals surface area contributed by atoms with Crippen LogP contribution in [-0.2, 0) is 14.3 Å². The molecule has 3 amide bonds. The van der Waals surface area contributed by atoms with Gasteiger partial charge in [-0.2, -0.15) is 0 Å². The predicted molar refractivity (Wildman–Crippen MR) is 85.5 cm³/mol. The van der Waals surface area contributed by atoms with Gasteiger partial charge in [-0.05, 0) is 31.5 Å². The molecule has 1 aromatic rings. The van der Waals surface area contributed by atoms with Gasteiger partial charge in [0.05, 0.1) is 25.0 Å². The van der Waals surface area contributed by atoms with Gasteiger partial charge in [0.15, 0.2) is 6.10 Å². The van der Waals surface area contributed by atoms with Gasteiger partial charge in [0.2, 0.25) is 0 Å². The summed E-state index contributed by atoms with van der Waals surface area (Å²) in [6, 6.07) is 3.79. The van der Waals surface area contributed by atoms with Crippen molar-refractivity contribution in [2.75, 3.05) is 36.5 Å². The Balaban J connectivity index is 1.75. The van der Waals surface area contributed by atoms with E-state index in [0.717, 1.165) is 6.42 Å². The zero-order chi connectivity index (χ0) is 17.1. The highest BCUT2D eigenvalue weighted by atomic mass is 19.1. The van der Waals surface area contributed by atoms with E-state index in [-0.39, 0.29) is 23.7 Å². The Morgan fingerprint density at radius 1 is 1.38 bits per heavy atom. The smallest absolute Gasteiger partial charge is 0.321 e. The first-order chi connectivity index (χ1) is 11.6. The number of urea groups is 1. The quantitative estimate of drug-likeness (QED) is 0.876. The molecular weight excluding hydrogens is 317 g/mol. The van der Waals surface area contributed by atoms with E-state index in [1.807, 2.05) is 0 Å². The molecule has 2 heterocycles. The largest absolute Gasteiger partial charge is 0.373 e. The highest BCUT2D eigenvalue weighted by Gasteiger charge is 2.30. The lowest BCUT2D eigenvalue weighted by Crippen LogP contribution is -2.47. The van der Waals surface area contributed by atoms with Crippen molar-refractivity contribution in [1.82, 2.24) is 5.32 Å². The van der Waals surface area contributed by atoms with E-state index in [2.05, 4.69) is 10.6 Å². The summed E-state index contributed by atoms with van der Waals surface area (Å²) in [6.45, 7) is 3.57.